The number of carbonyl (C=O) groups excluding carboxylic acids is 3. The Kier molecular flexibility index (Phi) is 21.7. The highest BCUT2D eigenvalue weighted by Gasteiger charge is 2.22. The molecule has 2 N–H and O–H groups in total. The highest BCUT2D eigenvalue weighted by atomic mass is 16.6. The number of carbonyl (C=O) groups is 3. The molecule has 8 nitrogen and oxygen atoms in total. The Balaban J connectivity index is 4.02. The number of esters is 3. The van der Waals surface area contributed by atoms with Crippen LogP contribution in [0.4, 0.5) is 0 Å². The van der Waals surface area contributed by atoms with Gasteiger partial charge in [-0.05, 0) is 19.3 Å². The summed E-state index contributed by atoms with van der Waals surface area (Å²) >= 11 is 0. The van der Waals surface area contributed by atoms with Crippen molar-refractivity contribution in [3.05, 3.63) is 0 Å². The standard InChI is InChI=1S/C27H50O8/c1-4-5-6-7-8-9-10-11-12-13-14-15-16-24(31)17-18-25(34-23(3)30)19-27(32)35-26(20-28)21-33-22(2)29/h24-26,28,31H,4-21H2,1-3H3/t24-,25+,26-/m0/s1. The molecule has 0 spiro atoms. The minimum atomic E-state index is -0.972. The molecule has 35 heavy (non-hydrogen) atoms. The average molecular weight is 503 g/mol. The van der Waals surface area contributed by atoms with Gasteiger partial charge >= 0.3 is 17.9 Å². The Morgan fingerprint density at radius 1 is 0.686 bits per heavy atom. The number of ether oxygens (including phenoxy) is 3. The lowest BCUT2D eigenvalue weighted by molar-refractivity contribution is -0.164. The van der Waals surface area contributed by atoms with Crippen LogP contribution in [0.15, 0.2) is 0 Å². The van der Waals surface area contributed by atoms with Crippen molar-refractivity contribution in [3.63, 3.8) is 0 Å². The SMILES string of the molecule is CCCCCCCCCCCCCC[C@H](O)CC[C@H](CC(=O)O[C@@H](CO)COC(C)=O)OC(C)=O. The molecule has 0 heterocycles. The first-order valence-corrected chi connectivity index (χ1v) is 13.6. The molecule has 8 heteroatoms. The fraction of sp³-hybridized carbons (Fsp3) is 0.889. The quantitative estimate of drug-likeness (QED) is 0.114. The molecule has 0 aliphatic carbocycles. The van der Waals surface area contributed by atoms with Gasteiger partial charge in [0.2, 0.25) is 0 Å². The minimum absolute atomic E-state index is 0.193. The highest BCUT2D eigenvalue weighted by molar-refractivity contribution is 5.71. The van der Waals surface area contributed by atoms with Gasteiger partial charge in [-0.2, -0.15) is 0 Å². The smallest absolute Gasteiger partial charge is 0.310 e. The highest BCUT2D eigenvalue weighted by Crippen LogP contribution is 2.17. The Hall–Kier alpha value is -1.67. The maximum Gasteiger partial charge on any atom is 0.310 e. The molecule has 206 valence electrons. The van der Waals surface area contributed by atoms with E-state index in [-0.39, 0.29) is 13.0 Å². The lowest BCUT2D eigenvalue weighted by Crippen LogP contribution is -2.30. The van der Waals surface area contributed by atoms with Crippen molar-refractivity contribution in [1.82, 2.24) is 0 Å². The molecule has 0 unspecified atom stereocenters. The van der Waals surface area contributed by atoms with Crippen LogP contribution in [-0.4, -0.2) is 59.6 Å². The lowest BCUT2D eigenvalue weighted by atomic mass is 10.0. The zero-order chi connectivity index (χ0) is 26.3. The number of unbranched alkanes of at least 4 members (excludes halogenated alkanes) is 11. The van der Waals surface area contributed by atoms with Gasteiger partial charge in [-0.1, -0.05) is 84.0 Å². The van der Waals surface area contributed by atoms with Gasteiger partial charge in [0.1, 0.15) is 12.7 Å². The summed E-state index contributed by atoms with van der Waals surface area (Å²) in [7, 11) is 0. The number of aliphatic hydroxyl groups is 2. The Labute approximate surface area is 212 Å². The van der Waals surface area contributed by atoms with Gasteiger partial charge in [0.25, 0.3) is 0 Å². The summed E-state index contributed by atoms with van der Waals surface area (Å²) in [6.07, 6.45) is 14.2. The Morgan fingerprint density at radius 2 is 1.23 bits per heavy atom. The summed E-state index contributed by atoms with van der Waals surface area (Å²) in [5.41, 5.74) is 0. The van der Waals surface area contributed by atoms with E-state index in [1.807, 2.05) is 0 Å². The van der Waals surface area contributed by atoms with Crippen molar-refractivity contribution >= 4 is 17.9 Å². The van der Waals surface area contributed by atoms with Gasteiger partial charge < -0.3 is 24.4 Å². The summed E-state index contributed by atoms with van der Waals surface area (Å²) in [5, 5.41) is 19.6. The van der Waals surface area contributed by atoms with Crippen LogP contribution in [0, 0.1) is 0 Å². The first-order chi connectivity index (χ1) is 16.8. The number of hydrogen-bond acceptors (Lipinski definition) is 8. The molecular weight excluding hydrogens is 452 g/mol. The molecule has 0 aromatic heterocycles. The van der Waals surface area contributed by atoms with Crippen LogP contribution in [0.2, 0.25) is 0 Å². The molecular formula is C27H50O8. The van der Waals surface area contributed by atoms with E-state index in [0.717, 1.165) is 12.8 Å². The maximum atomic E-state index is 12.2. The second-order valence-corrected chi connectivity index (χ2v) is 9.44. The fourth-order valence-electron chi connectivity index (χ4n) is 3.94. The van der Waals surface area contributed by atoms with Crippen LogP contribution in [0.25, 0.3) is 0 Å². The maximum absolute atomic E-state index is 12.2. The van der Waals surface area contributed by atoms with E-state index in [1.165, 1.54) is 78.1 Å². The van der Waals surface area contributed by atoms with Crippen LogP contribution in [0.3, 0.4) is 0 Å². The predicted octanol–water partition coefficient (Wildman–Crippen LogP) is 5.01. The molecule has 0 amide bonds. The van der Waals surface area contributed by atoms with Gasteiger partial charge in [-0.3, -0.25) is 14.4 Å². The van der Waals surface area contributed by atoms with Crippen molar-refractivity contribution in [1.29, 1.82) is 0 Å². The monoisotopic (exact) mass is 502 g/mol. The van der Waals surface area contributed by atoms with E-state index >= 15 is 0 Å². The number of hydrogen-bond donors (Lipinski definition) is 2. The third-order valence-corrected chi connectivity index (χ3v) is 5.91. The van der Waals surface area contributed by atoms with Gasteiger partial charge in [-0.25, -0.2) is 0 Å². The molecule has 0 saturated heterocycles. The molecule has 3 atom stereocenters. The van der Waals surface area contributed by atoms with E-state index in [2.05, 4.69) is 6.92 Å². The zero-order valence-electron chi connectivity index (χ0n) is 22.3. The van der Waals surface area contributed by atoms with Crippen molar-refractivity contribution in [2.75, 3.05) is 13.2 Å². The molecule has 0 aliphatic heterocycles. The topological polar surface area (TPSA) is 119 Å². The van der Waals surface area contributed by atoms with Crippen LogP contribution in [-0.2, 0) is 28.6 Å². The van der Waals surface area contributed by atoms with E-state index in [1.54, 1.807) is 0 Å². The molecule has 0 saturated carbocycles. The summed E-state index contributed by atoms with van der Waals surface area (Å²) in [6, 6.07) is 0. The largest absolute Gasteiger partial charge is 0.462 e. The first kappa shape index (κ1) is 33.3. The normalized spacial score (nSPS) is 13.6. The minimum Gasteiger partial charge on any atom is -0.462 e. The average Bonchev–Trinajstić information content (AvgIpc) is 2.80. The zero-order valence-corrected chi connectivity index (χ0v) is 22.3. The molecule has 0 radical (unpaired) electrons. The van der Waals surface area contributed by atoms with E-state index in [4.69, 9.17) is 14.2 Å². The second-order valence-electron chi connectivity index (χ2n) is 9.44. The molecule has 0 aromatic rings. The molecule has 0 aliphatic rings. The van der Waals surface area contributed by atoms with Gasteiger partial charge in [0, 0.05) is 13.8 Å². The molecule has 0 rings (SSSR count). The Morgan fingerprint density at radius 3 is 1.71 bits per heavy atom. The number of rotatable bonds is 23. The van der Waals surface area contributed by atoms with E-state index in [9.17, 15) is 24.6 Å². The van der Waals surface area contributed by atoms with Gasteiger partial charge in [0.15, 0.2) is 6.10 Å². The summed E-state index contributed by atoms with van der Waals surface area (Å²) in [4.78, 5) is 34.4. The van der Waals surface area contributed by atoms with Crippen LogP contribution < -0.4 is 0 Å². The number of aliphatic hydroxyl groups excluding tert-OH is 2. The summed E-state index contributed by atoms with van der Waals surface area (Å²) in [5.74, 6) is -1.73. The third-order valence-electron chi connectivity index (χ3n) is 5.91. The van der Waals surface area contributed by atoms with Crippen molar-refractivity contribution in [3.8, 4) is 0 Å². The van der Waals surface area contributed by atoms with Crippen molar-refractivity contribution in [2.45, 2.75) is 142 Å². The first-order valence-electron chi connectivity index (χ1n) is 13.6. The van der Waals surface area contributed by atoms with E-state index < -0.39 is 42.8 Å². The second kappa shape index (κ2) is 22.8. The van der Waals surface area contributed by atoms with Gasteiger partial charge in [0.05, 0.1) is 19.1 Å². The summed E-state index contributed by atoms with van der Waals surface area (Å²) < 4.78 is 15.0. The Bertz CT molecular complexity index is 551. The van der Waals surface area contributed by atoms with Crippen LogP contribution in [0.5, 0.6) is 0 Å². The van der Waals surface area contributed by atoms with Gasteiger partial charge in [-0.15, -0.1) is 0 Å². The van der Waals surface area contributed by atoms with Crippen LogP contribution in [0.1, 0.15) is 124 Å². The molecule has 0 bridgehead atoms. The fourth-order valence-corrected chi connectivity index (χ4v) is 3.94. The molecule has 0 fully saturated rings. The summed E-state index contributed by atoms with van der Waals surface area (Å²) in [6.45, 7) is 3.99. The molecule has 0 aromatic carbocycles. The van der Waals surface area contributed by atoms with Crippen molar-refractivity contribution in [2.24, 2.45) is 0 Å². The van der Waals surface area contributed by atoms with Crippen LogP contribution >= 0.6 is 0 Å². The van der Waals surface area contributed by atoms with Crippen molar-refractivity contribution < 1.29 is 38.8 Å². The van der Waals surface area contributed by atoms with E-state index in [0.29, 0.717) is 19.3 Å². The lowest BCUT2D eigenvalue weighted by Gasteiger charge is -2.20. The predicted molar refractivity (Wildman–Crippen MR) is 135 cm³/mol. The third kappa shape index (κ3) is 22.5.